The lowest BCUT2D eigenvalue weighted by molar-refractivity contribution is 0.195. The van der Waals surface area contributed by atoms with E-state index in [2.05, 4.69) is 45.7 Å². The lowest BCUT2D eigenvalue weighted by Gasteiger charge is -2.30. The Hall–Kier alpha value is -3.51. The van der Waals surface area contributed by atoms with Gasteiger partial charge in [-0.25, -0.2) is 4.79 Å². The summed E-state index contributed by atoms with van der Waals surface area (Å²) in [5.41, 5.74) is 4.04. The summed E-state index contributed by atoms with van der Waals surface area (Å²) in [7, 11) is 0. The van der Waals surface area contributed by atoms with Crippen molar-refractivity contribution in [1.82, 2.24) is 9.47 Å². The third-order valence-corrected chi connectivity index (χ3v) is 6.38. The lowest BCUT2D eigenvalue weighted by Crippen LogP contribution is -2.37. The number of para-hydroxylation sites is 1. The Morgan fingerprint density at radius 1 is 1.06 bits per heavy atom. The Labute approximate surface area is 185 Å². The molecule has 0 fully saturated rings. The second-order valence-electron chi connectivity index (χ2n) is 7.37. The molecule has 5 rings (SSSR count). The Morgan fingerprint density at radius 2 is 1.90 bits per heavy atom. The van der Waals surface area contributed by atoms with E-state index < -0.39 is 0 Å². The fraction of sp³-hybridized carbons (Fsp3) is 0.160. The van der Waals surface area contributed by atoms with Gasteiger partial charge < -0.3 is 19.5 Å². The van der Waals surface area contributed by atoms with Crippen LogP contribution in [-0.4, -0.2) is 22.1 Å². The van der Waals surface area contributed by atoms with Gasteiger partial charge in [0, 0.05) is 16.8 Å². The molecule has 0 saturated heterocycles. The van der Waals surface area contributed by atoms with Crippen LogP contribution in [0.15, 0.2) is 84.4 Å². The number of rotatable bonds is 4. The van der Waals surface area contributed by atoms with E-state index in [0.717, 1.165) is 33.3 Å². The van der Waals surface area contributed by atoms with Crippen LogP contribution in [-0.2, 0) is 6.54 Å². The third kappa shape index (κ3) is 3.70. The van der Waals surface area contributed by atoms with Gasteiger partial charge in [-0.1, -0.05) is 24.3 Å². The van der Waals surface area contributed by atoms with E-state index in [1.807, 2.05) is 60.4 Å². The van der Waals surface area contributed by atoms with Gasteiger partial charge >= 0.3 is 6.03 Å². The Bertz CT molecular complexity index is 1180. The predicted octanol–water partition coefficient (Wildman–Crippen LogP) is 6.07. The van der Waals surface area contributed by atoms with Crippen molar-refractivity contribution in [1.29, 1.82) is 0 Å². The van der Waals surface area contributed by atoms with Crippen molar-refractivity contribution in [3.05, 3.63) is 101 Å². The highest BCUT2D eigenvalue weighted by Gasteiger charge is 2.33. The summed E-state index contributed by atoms with van der Waals surface area (Å²) in [5.74, 6) is 0.790. The summed E-state index contributed by atoms with van der Waals surface area (Å²) in [6.45, 7) is 3.08. The number of ether oxygens (including phenoxy) is 1. The Morgan fingerprint density at radius 3 is 2.68 bits per heavy atom. The standard InChI is InChI=1S/C25H23N3O2S/c1-2-30-20-13-11-19(12-14-20)26-25(29)28-17-18-7-3-4-8-21(18)27-15-5-9-22(27)24(28)23-10-6-16-31-23/h3-16,24H,2,17H2,1H3,(H,26,29). The number of nitrogens with zero attached hydrogens (tertiary/aromatic N) is 2. The number of benzene rings is 2. The second kappa shape index (κ2) is 8.32. The first-order valence-electron chi connectivity index (χ1n) is 10.3. The van der Waals surface area contributed by atoms with Gasteiger partial charge in [0.25, 0.3) is 0 Å². The zero-order valence-electron chi connectivity index (χ0n) is 17.2. The molecule has 0 spiro atoms. The number of nitrogens with one attached hydrogen (secondary N) is 1. The van der Waals surface area contributed by atoms with Crippen molar-refractivity contribution in [3.63, 3.8) is 0 Å². The third-order valence-electron chi connectivity index (χ3n) is 5.45. The van der Waals surface area contributed by atoms with E-state index in [1.165, 1.54) is 0 Å². The van der Waals surface area contributed by atoms with Gasteiger partial charge in [0.05, 0.1) is 24.5 Å². The largest absolute Gasteiger partial charge is 0.494 e. The smallest absolute Gasteiger partial charge is 0.323 e. The first-order chi connectivity index (χ1) is 15.2. The fourth-order valence-electron chi connectivity index (χ4n) is 4.08. The molecular formula is C25H23N3O2S. The van der Waals surface area contributed by atoms with E-state index in [4.69, 9.17) is 4.74 Å². The summed E-state index contributed by atoms with van der Waals surface area (Å²) >= 11 is 1.67. The predicted molar refractivity (Wildman–Crippen MR) is 124 cm³/mol. The second-order valence-corrected chi connectivity index (χ2v) is 8.34. The van der Waals surface area contributed by atoms with Crippen molar-refractivity contribution >= 4 is 23.1 Å². The van der Waals surface area contributed by atoms with Gasteiger partial charge in [0.2, 0.25) is 0 Å². The van der Waals surface area contributed by atoms with Crippen molar-refractivity contribution in [3.8, 4) is 11.4 Å². The summed E-state index contributed by atoms with van der Waals surface area (Å²) in [6, 6.07) is 23.7. The highest BCUT2D eigenvalue weighted by atomic mass is 32.1. The van der Waals surface area contributed by atoms with E-state index in [-0.39, 0.29) is 12.1 Å². The first-order valence-corrected chi connectivity index (χ1v) is 11.2. The molecule has 0 aliphatic carbocycles. The molecule has 4 aromatic rings. The molecular weight excluding hydrogens is 406 g/mol. The molecule has 0 radical (unpaired) electrons. The SMILES string of the molecule is CCOc1ccc(NC(=O)N2Cc3ccccc3-n3cccc3C2c2cccs2)cc1. The van der Waals surface area contributed by atoms with Crippen LogP contribution in [0.3, 0.4) is 0 Å². The molecule has 2 amide bonds. The summed E-state index contributed by atoms with van der Waals surface area (Å²) in [4.78, 5) is 16.6. The fourth-order valence-corrected chi connectivity index (χ4v) is 4.93. The molecule has 1 N–H and O–H groups in total. The molecule has 1 aliphatic rings. The number of anilines is 1. The zero-order valence-corrected chi connectivity index (χ0v) is 18.0. The van der Waals surface area contributed by atoms with Crippen LogP contribution in [0.5, 0.6) is 5.75 Å². The molecule has 1 unspecified atom stereocenters. The molecule has 3 heterocycles. The molecule has 6 heteroatoms. The number of aromatic nitrogens is 1. The van der Waals surface area contributed by atoms with Gasteiger partial charge in [-0.15, -0.1) is 11.3 Å². The van der Waals surface area contributed by atoms with Gasteiger partial charge in [-0.2, -0.15) is 0 Å². The number of carbonyl (C=O) groups is 1. The van der Waals surface area contributed by atoms with E-state index in [0.29, 0.717) is 13.2 Å². The van der Waals surface area contributed by atoms with Gasteiger partial charge in [0.1, 0.15) is 11.8 Å². The topological polar surface area (TPSA) is 46.5 Å². The van der Waals surface area contributed by atoms with Crippen LogP contribution in [0.4, 0.5) is 10.5 Å². The maximum absolute atomic E-state index is 13.6. The van der Waals surface area contributed by atoms with Crippen LogP contribution >= 0.6 is 11.3 Å². The number of carbonyl (C=O) groups excluding carboxylic acids is 1. The molecule has 2 aromatic carbocycles. The monoisotopic (exact) mass is 429 g/mol. The first kappa shape index (κ1) is 19.5. The van der Waals surface area contributed by atoms with E-state index in [9.17, 15) is 4.79 Å². The van der Waals surface area contributed by atoms with Gasteiger partial charge in [-0.3, -0.25) is 0 Å². The van der Waals surface area contributed by atoms with Crippen LogP contribution in [0, 0.1) is 0 Å². The van der Waals surface area contributed by atoms with Crippen molar-refractivity contribution in [2.45, 2.75) is 19.5 Å². The quantitative estimate of drug-likeness (QED) is 0.428. The van der Waals surface area contributed by atoms with Crippen LogP contribution in [0.25, 0.3) is 5.69 Å². The van der Waals surface area contributed by atoms with Crippen molar-refractivity contribution in [2.24, 2.45) is 0 Å². The average molecular weight is 430 g/mol. The minimum absolute atomic E-state index is 0.132. The summed E-state index contributed by atoms with van der Waals surface area (Å²) in [5, 5.41) is 5.14. The van der Waals surface area contributed by atoms with E-state index in [1.54, 1.807) is 11.3 Å². The number of hydrogen-bond acceptors (Lipinski definition) is 3. The Balaban J connectivity index is 1.53. The number of amides is 2. The molecule has 0 saturated carbocycles. The highest BCUT2D eigenvalue weighted by molar-refractivity contribution is 7.10. The maximum Gasteiger partial charge on any atom is 0.323 e. The molecule has 156 valence electrons. The lowest BCUT2D eigenvalue weighted by atomic mass is 10.1. The zero-order chi connectivity index (χ0) is 21.2. The average Bonchev–Trinajstić information content (AvgIpc) is 3.46. The van der Waals surface area contributed by atoms with E-state index >= 15 is 0 Å². The summed E-state index contributed by atoms with van der Waals surface area (Å²) in [6.07, 6.45) is 2.07. The summed E-state index contributed by atoms with van der Waals surface area (Å²) < 4.78 is 7.71. The van der Waals surface area contributed by atoms with Crippen LogP contribution in [0.1, 0.15) is 29.1 Å². The number of fused-ring (bicyclic) bond motifs is 3. The van der Waals surface area contributed by atoms with Crippen molar-refractivity contribution in [2.75, 3.05) is 11.9 Å². The molecule has 5 nitrogen and oxygen atoms in total. The molecule has 31 heavy (non-hydrogen) atoms. The molecule has 1 atom stereocenters. The normalized spacial score (nSPS) is 15.0. The maximum atomic E-state index is 13.6. The van der Waals surface area contributed by atoms with Gasteiger partial charge in [0.15, 0.2) is 0 Å². The minimum atomic E-state index is -0.176. The number of hydrogen-bond donors (Lipinski definition) is 1. The molecule has 2 aromatic heterocycles. The minimum Gasteiger partial charge on any atom is -0.494 e. The molecule has 1 aliphatic heterocycles. The Kier molecular flexibility index (Phi) is 5.22. The molecule has 0 bridgehead atoms. The van der Waals surface area contributed by atoms with Crippen LogP contribution in [0.2, 0.25) is 0 Å². The van der Waals surface area contributed by atoms with Crippen LogP contribution < -0.4 is 10.1 Å². The van der Waals surface area contributed by atoms with Crippen molar-refractivity contribution < 1.29 is 9.53 Å². The van der Waals surface area contributed by atoms with Gasteiger partial charge in [-0.05, 0) is 66.4 Å². The number of urea groups is 1. The highest BCUT2D eigenvalue weighted by Crippen LogP contribution is 2.38. The number of thiophene rings is 1.